The first-order valence-corrected chi connectivity index (χ1v) is 7.15. The fourth-order valence-electron chi connectivity index (χ4n) is 2.62. The molecular weight excluding hydrogens is 242 g/mol. The molecule has 1 aliphatic rings. The largest absolute Gasteiger partial charge is 0.396 e. The number of aliphatic hydroxyl groups excluding tert-OH is 1. The molecule has 0 aromatic heterocycles. The van der Waals surface area contributed by atoms with Crippen molar-refractivity contribution >= 4 is 5.91 Å². The second kappa shape index (κ2) is 8.89. The van der Waals surface area contributed by atoms with E-state index in [2.05, 4.69) is 11.0 Å². The molecule has 1 aliphatic heterocycles. The molecule has 1 amide bonds. The third kappa shape index (κ3) is 5.58. The van der Waals surface area contributed by atoms with E-state index in [1.165, 1.54) is 12.8 Å². The van der Waals surface area contributed by atoms with Gasteiger partial charge in [0.05, 0.1) is 12.5 Å². The van der Waals surface area contributed by atoms with Crippen LogP contribution < -0.4 is 0 Å². The minimum Gasteiger partial charge on any atom is -0.396 e. The average molecular weight is 267 g/mol. The van der Waals surface area contributed by atoms with Crippen LogP contribution >= 0.6 is 0 Å². The zero-order chi connectivity index (χ0) is 14.1. The number of nitriles is 1. The van der Waals surface area contributed by atoms with E-state index in [9.17, 15) is 4.79 Å². The van der Waals surface area contributed by atoms with E-state index in [4.69, 9.17) is 10.4 Å². The summed E-state index contributed by atoms with van der Waals surface area (Å²) in [7, 11) is 1.76. The number of hydrogen-bond donors (Lipinski definition) is 1. The SMILES string of the molecule is CN(CCC#N)C(=O)CCN1CCCC1CCCO. The molecule has 0 radical (unpaired) electrons. The van der Waals surface area contributed by atoms with E-state index in [-0.39, 0.29) is 12.5 Å². The summed E-state index contributed by atoms with van der Waals surface area (Å²) < 4.78 is 0. The molecule has 0 spiro atoms. The van der Waals surface area contributed by atoms with Crippen molar-refractivity contribution in [2.24, 2.45) is 0 Å². The van der Waals surface area contributed by atoms with Crippen LogP contribution in [0.15, 0.2) is 0 Å². The van der Waals surface area contributed by atoms with Crippen LogP contribution in [0.2, 0.25) is 0 Å². The molecule has 5 nitrogen and oxygen atoms in total. The highest BCUT2D eigenvalue weighted by atomic mass is 16.2. The van der Waals surface area contributed by atoms with Gasteiger partial charge in [-0.2, -0.15) is 5.26 Å². The Morgan fingerprint density at radius 3 is 3.05 bits per heavy atom. The highest BCUT2D eigenvalue weighted by Crippen LogP contribution is 2.21. The molecule has 108 valence electrons. The second-order valence-corrected chi connectivity index (χ2v) is 5.17. The van der Waals surface area contributed by atoms with Gasteiger partial charge in [-0.1, -0.05) is 0 Å². The molecule has 0 aromatic rings. The van der Waals surface area contributed by atoms with Crippen molar-refractivity contribution in [2.45, 2.75) is 44.6 Å². The molecule has 0 bridgehead atoms. The molecule has 1 N–H and O–H groups in total. The van der Waals surface area contributed by atoms with Gasteiger partial charge >= 0.3 is 0 Å². The second-order valence-electron chi connectivity index (χ2n) is 5.17. The Morgan fingerprint density at radius 1 is 1.58 bits per heavy atom. The summed E-state index contributed by atoms with van der Waals surface area (Å²) >= 11 is 0. The van der Waals surface area contributed by atoms with Gasteiger partial charge in [-0.15, -0.1) is 0 Å². The van der Waals surface area contributed by atoms with Crippen molar-refractivity contribution < 1.29 is 9.90 Å². The molecule has 19 heavy (non-hydrogen) atoms. The number of carbonyl (C=O) groups excluding carboxylic acids is 1. The first-order chi connectivity index (χ1) is 9.19. The Kier molecular flexibility index (Phi) is 7.46. The summed E-state index contributed by atoms with van der Waals surface area (Å²) in [5.41, 5.74) is 0. The van der Waals surface area contributed by atoms with Gasteiger partial charge in [-0.25, -0.2) is 0 Å². The van der Waals surface area contributed by atoms with Crippen LogP contribution in [-0.2, 0) is 4.79 Å². The van der Waals surface area contributed by atoms with Gasteiger partial charge in [0.1, 0.15) is 0 Å². The van der Waals surface area contributed by atoms with Crippen LogP contribution in [0.25, 0.3) is 0 Å². The van der Waals surface area contributed by atoms with Gasteiger partial charge in [-0.05, 0) is 32.2 Å². The smallest absolute Gasteiger partial charge is 0.223 e. The highest BCUT2D eigenvalue weighted by molar-refractivity contribution is 5.76. The van der Waals surface area contributed by atoms with Gasteiger partial charge in [0.2, 0.25) is 5.91 Å². The van der Waals surface area contributed by atoms with Crippen LogP contribution in [0.3, 0.4) is 0 Å². The molecule has 0 aromatic carbocycles. The van der Waals surface area contributed by atoms with Crippen LogP contribution in [0.5, 0.6) is 0 Å². The highest BCUT2D eigenvalue weighted by Gasteiger charge is 2.24. The molecule has 1 heterocycles. The molecule has 1 rings (SSSR count). The minimum atomic E-state index is 0.114. The van der Waals surface area contributed by atoms with E-state index < -0.39 is 0 Å². The summed E-state index contributed by atoms with van der Waals surface area (Å²) in [6.07, 6.45) is 5.15. The van der Waals surface area contributed by atoms with Crippen molar-refractivity contribution in [1.29, 1.82) is 5.26 Å². The van der Waals surface area contributed by atoms with Crippen LogP contribution in [0.4, 0.5) is 0 Å². The maximum Gasteiger partial charge on any atom is 0.223 e. The predicted octanol–water partition coefficient (Wildman–Crippen LogP) is 0.985. The maximum absolute atomic E-state index is 11.9. The first kappa shape index (κ1) is 15.9. The van der Waals surface area contributed by atoms with Crippen molar-refractivity contribution in [2.75, 3.05) is 33.3 Å². The topological polar surface area (TPSA) is 67.6 Å². The summed E-state index contributed by atoms with van der Waals surface area (Å²) in [6.45, 7) is 2.63. The standard InChI is InChI=1S/C14H25N3O2/c1-16(9-4-8-15)14(19)7-11-17-10-2-5-13(17)6-3-12-18/h13,18H,2-7,9-12H2,1H3. The fraction of sp³-hybridized carbons (Fsp3) is 0.857. The zero-order valence-corrected chi connectivity index (χ0v) is 11.8. The van der Waals surface area contributed by atoms with E-state index in [1.54, 1.807) is 11.9 Å². The van der Waals surface area contributed by atoms with Crippen molar-refractivity contribution in [3.63, 3.8) is 0 Å². The van der Waals surface area contributed by atoms with Crippen LogP contribution in [0.1, 0.15) is 38.5 Å². The van der Waals surface area contributed by atoms with Crippen molar-refractivity contribution in [1.82, 2.24) is 9.80 Å². The molecule has 1 atom stereocenters. The number of carbonyl (C=O) groups is 1. The van der Waals surface area contributed by atoms with Crippen LogP contribution in [0, 0.1) is 11.3 Å². The molecule has 1 unspecified atom stereocenters. The van der Waals surface area contributed by atoms with Gasteiger partial charge in [0, 0.05) is 39.2 Å². The fourth-order valence-corrected chi connectivity index (χ4v) is 2.62. The summed E-state index contributed by atoms with van der Waals surface area (Å²) in [6, 6.07) is 2.58. The quantitative estimate of drug-likeness (QED) is 0.712. The monoisotopic (exact) mass is 267 g/mol. The minimum absolute atomic E-state index is 0.114. The van der Waals surface area contributed by atoms with Gasteiger partial charge in [0.15, 0.2) is 0 Å². The van der Waals surface area contributed by atoms with Crippen LogP contribution in [-0.4, -0.2) is 60.1 Å². The molecule has 5 heteroatoms. The van der Waals surface area contributed by atoms with Gasteiger partial charge < -0.3 is 10.0 Å². The Bertz CT molecular complexity index is 314. The molecule has 0 saturated carbocycles. The number of amides is 1. The van der Waals surface area contributed by atoms with Gasteiger partial charge in [0.25, 0.3) is 0 Å². The molecular formula is C14H25N3O2. The van der Waals surface area contributed by atoms with E-state index in [1.807, 2.05) is 0 Å². The Labute approximate surface area is 115 Å². The Balaban J connectivity index is 2.27. The van der Waals surface area contributed by atoms with E-state index in [0.29, 0.717) is 25.4 Å². The Morgan fingerprint density at radius 2 is 2.37 bits per heavy atom. The normalized spacial score (nSPS) is 19.3. The van der Waals surface area contributed by atoms with E-state index >= 15 is 0 Å². The third-order valence-electron chi connectivity index (χ3n) is 3.79. The number of aliphatic hydroxyl groups is 1. The third-order valence-corrected chi connectivity index (χ3v) is 3.79. The predicted molar refractivity (Wildman–Crippen MR) is 73.4 cm³/mol. The lowest BCUT2D eigenvalue weighted by molar-refractivity contribution is -0.130. The summed E-state index contributed by atoms with van der Waals surface area (Å²) in [5, 5.41) is 17.4. The maximum atomic E-state index is 11.9. The summed E-state index contributed by atoms with van der Waals surface area (Å²) in [4.78, 5) is 15.9. The van der Waals surface area contributed by atoms with Crippen molar-refractivity contribution in [3.8, 4) is 6.07 Å². The number of hydrogen-bond acceptors (Lipinski definition) is 4. The number of likely N-dealkylation sites (tertiary alicyclic amines) is 1. The molecule has 1 fully saturated rings. The molecule has 0 aliphatic carbocycles. The average Bonchev–Trinajstić information content (AvgIpc) is 2.87. The number of rotatable bonds is 8. The zero-order valence-electron chi connectivity index (χ0n) is 11.8. The summed E-state index contributed by atoms with van der Waals surface area (Å²) in [5.74, 6) is 0.114. The number of nitrogens with zero attached hydrogens (tertiary/aromatic N) is 3. The lowest BCUT2D eigenvalue weighted by Gasteiger charge is -2.25. The van der Waals surface area contributed by atoms with Crippen molar-refractivity contribution in [3.05, 3.63) is 0 Å². The van der Waals surface area contributed by atoms with Gasteiger partial charge in [-0.3, -0.25) is 9.69 Å². The lowest BCUT2D eigenvalue weighted by Crippen LogP contribution is -2.35. The molecule has 1 saturated heterocycles. The van der Waals surface area contributed by atoms with E-state index in [0.717, 1.165) is 25.9 Å². The lowest BCUT2D eigenvalue weighted by atomic mass is 10.1. The first-order valence-electron chi connectivity index (χ1n) is 7.15. The Hall–Kier alpha value is -1.12.